The molecule has 2 aromatic rings. The first-order valence-corrected chi connectivity index (χ1v) is 7.62. The molecule has 1 aromatic carbocycles. The van der Waals surface area contributed by atoms with E-state index in [1.807, 2.05) is 32.2 Å². The molecular weight excluding hydrogens is 338 g/mol. The highest BCUT2D eigenvalue weighted by atomic mass is 79.9. The monoisotopic (exact) mass is 353 g/mol. The summed E-state index contributed by atoms with van der Waals surface area (Å²) >= 11 is 9.75. The van der Waals surface area contributed by atoms with E-state index in [0.29, 0.717) is 11.7 Å². The van der Waals surface area contributed by atoms with Crippen LogP contribution in [0.25, 0.3) is 11.4 Å². The van der Waals surface area contributed by atoms with Gasteiger partial charge in [0, 0.05) is 17.6 Å². The Kier molecular flexibility index (Phi) is 4.66. The smallest absolute Gasteiger partial charge is 0.161 e. The molecule has 0 amide bonds. The van der Waals surface area contributed by atoms with Gasteiger partial charge in [0.15, 0.2) is 5.82 Å². The van der Waals surface area contributed by atoms with Crippen LogP contribution in [0.2, 0.25) is 5.02 Å². The minimum Gasteiger partial charge on any atom is -0.372 e. The molecule has 0 fully saturated rings. The van der Waals surface area contributed by atoms with Crippen molar-refractivity contribution in [3.8, 4) is 11.4 Å². The summed E-state index contributed by atoms with van der Waals surface area (Å²) in [4.78, 5) is 9.21. The highest BCUT2D eigenvalue weighted by Gasteiger charge is 2.15. The predicted molar refractivity (Wildman–Crippen MR) is 88.6 cm³/mol. The number of anilines is 1. The summed E-state index contributed by atoms with van der Waals surface area (Å²) < 4.78 is 0.914. The van der Waals surface area contributed by atoms with Gasteiger partial charge in [-0.25, -0.2) is 9.97 Å². The van der Waals surface area contributed by atoms with Crippen molar-refractivity contribution in [2.75, 3.05) is 12.4 Å². The third-order valence-corrected chi connectivity index (χ3v) is 4.28. The van der Waals surface area contributed by atoms with Crippen LogP contribution in [0.4, 0.5) is 5.82 Å². The summed E-state index contributed by atoms with van der Waals surface area (Å²) in [6.07, 6.45) is 0. The van der Waals surface area contributed by atoms with E-state index in [-0.39, 0.29) is 0 Å². The Balaban J connectivity index is 2.61. The quantitative estimate of drug-likeness (QED) is 0.839. The summed E-state index contributed by atoms with van der Waals surface area (Å²) in [5.74, 6) is 1.78. The van der Waals surface area contributed by atoms with Gasteiger partial charge in [0.25, 0.3) is 0 Å². The van der Waals surface area contributed by atoms with E-state index in [2.05, 4.69) is 45.1 Å². The van der Waals surface area contributed by atoms with Crippen molar-refractivity contribution < 1.29 is 0 Å². The van der Waals surface area contributed by atoms with Crippen molar-refractivity contribution in [1.29, 1.82) is 0 Å². The third-order valence-electron chi connectivity index (χ3n) is 3.09. The van der Waals surface area contributed by atoms with Crippen LogP contribution in [-0.2, 0) is 0 Å². The lowest BCUT2D eigenvalue weighted by atomic mass is 10.1. The molecule has 3 nitrogen and oxygen atoms in total. The largest absolute Gasteiger partial charge is 0.372 e. The molecule has 0 aliphatic carbocycles. The minimum absolute atomic E-state index is 0.305. The van der Waals surface area contributed by atoms with E-state index in [0.717, 1.165) is 32.1 Å². The van der Waals surface area contributed by atoms with E-state index in [4.69, 9.17) is 11.6 Å². The van der Waals surface area contributed by atoms with Crippen LogP contribution in [0.1, 0.15) is 31.0 Å². The SMILES string of the molecule is CNc1nc(-c2ccc(C)c(Cl)c2)nc(C(C)C)c1Br. The van der Waals surface area contributed by atoms with Crippen LogP contribution in [-0.4, -0.2) is 17.0 Å². The first-order valence-electron chi connectivity index (χ1n) is 6.45. The van der Waals surface area contributed by atoms with Crippen molar-refractivity contribution in [2.45, 2.75) is 26.7 Å². The van der Waals surface area contributed by atoms with E-state index in [9.17, 15) is 0 Å². The zero-order chi connectivity index (χ0) is 14.9. The summed E-state index contributed by atoms with van der Waals surface area (Å²) in [6, 6.07) is 5.88. The van der Waals surface area contributed by atoms with Crippen LogP contribution in [0, 0.1) is 6.92 Å². The lowest BCUT2D eigenvalue weighted by molar-refractivity contribution is 0.810. The van der Waals surface area contributed by atoms with Crippen molar-refractivity contribution >= 4 is 33.3 Å². The summed E-state index contributed by atoms with van der Waals surface area (Å²) in [5.41, 5.74) is 2.95. The van der Waals surface area contributed by atoms with E-state index < -0.39 is 0 Å². The van der Waals surface area contributed by atoms with Crippen LogP contribution in [0.5, 0.6) is 0 Å². The molecule has 0 aliphatic heterocycles. The first kappa shape index (κ1) is 15.3. The predicted octanol–water partition coefficient (Wildman–Crippen LogP) is 5.03. The molecule has 5 heteroatoms. The maximum Gasteiger partial charge on any atom is 0.161 e. The van der Waals surface area contributed by atoms with Gasteiger partial charge in [0.1, 0.15) is 5.82 Å². The maximum absolute atomic E-state index is 6.19. The fourth-order valence-electron chi connectivity index (χ4n) is 1.87. The van der Waals surface area contributed by atoms with Gasteiger partial charge < -0.3 is 5.32 Å². The Hall–Kier alpha value is -1.13. The van der Waals surface area contributed by atoms with Gasteiger partial charge in [-0.2, -0.15) is 0 Å². The molecule has 2 rings (SSSR count). The second-order valence-corrected chi connectivity index (χ2v) is 6.16. The number of rotatable bonds is 3. The third kappa shape index (κ3) is 2.96. The maximum atomic E-state index is 6.19. The van der Waals surface area contributed by atoms with Crippen molar-refractivity contribution in [3.05, 3.63) is 39.0 Å². The Labute approximate surface area is 132 Å². The lowest BCUT2D eigenvalue weighted by Crippen LogP contribution is -2.04. The summed E-state index contributed by atoms with van der Waals surface area (Å²) in [6.45, 7) is 6.20. The fourth-order valence-corrected chi connectivity index (χ4v) is 2.89. The van der Waals surface area contributed by atoms with Gasteiger partial charge >= 0.3 is 0 Å². The van der Waals surface area contributed by atoms with Gasteiger partial charge in [0.05, 0.1) is 10.2 Å². The molecule has 0 bridgehead atoms. The van der Waals surface area contributed by atoms with E-state index >= 15 is 0 Å². The Morgan fingerprint density at radius 1 is 1.25 bits per heavy atom. The van der Waals surface area contributed by atoms with Crippen LogP contribution in [0.3, 0.4) is 0 Å². The number of aromatic nitrogens is 2. The zero-order valence-electron chi connectivity index (χ0n) is 12.0. The van der Waals surface area contributed by atoms with Crippen molar-refractivity contribution in [3.63, 3.8) is 0 Å². The molecule has 0 aliphatic rings. The summed E-state index contributed by atoms with van der Waals surface area (Å²) in [5, 5.41) is 3.82. The molecule has 0 saturated carbocycles. The Morgan fingerprint density at radius 3 is 2.50 bits per heavy atom. The molecule has 1 aromatic heterocycles. The van der Waals surface area contributed by atoms with Gasteiger partial charge in [0.2, 0.25) is 0 Å². The molecule has 1 heterocycles. The molecule has 1 N–H and O–H groups in total. The topological polar surface area (TPSA) is 37.8 Å². The highest BCUT2D eigenvalue weighted by molar-refractivity contribution is 9.10. The van der Waals surface area contributed by atoms with Gasteiger partial charge in [-0.05, 0) is 40.4 Å². The molecule has 0 radical (unpaired) electrons. The molecule has 0 atom stereocenters. The van der Waals surface area contributed by atoms with Gasteiger partial charge in [-0.3, -0.25) is 0 Å². The van der Waals surface area contributed by atoms with Crippen molar-refractivity contribution in [1.82, 2.24) is 9.97 Å². The van der Waals surface area contributed by atoms with Crippen LogP contribution < -0.4 is 5.32 Å². The van der Waals surface area contributed by atoms with Gasteiger partial charge in [-0.1, -0.05) is 37.6 Å². The lowest BCUT2D eigenvalue weighted by Gasteiger charge is -2.13. The standard InChI is InChI=1S/C15H17BrClN3/c1-8(2)13-12(16)15(18-4)20-14(19-13)10-6-5-9(3)11(17)7-10/h5-8H,1-4H3,(H,18,19,20). The number of hydrogen-bond donors (Lipinski definition) is 1. The average Bonchev–Trinajstić information content (AvgIpc) is 2.42. The normalized spacial score (nSPS) is 10.9. The van der Waals surface area contributed by atoms with Crippen LogP contribution >= 0.6 is 27.5 Å². The number of nitrogens with zero attached hydrogens (tertiary/aromatic N) is 2. The molecule has 20 heavy (non-hydrogen) atoms. The molecule has 106 valence electrons. The number of nitrogens with one attached hydrogen (secondary N) is 1. The highest BCUT2D eigenvalue weighted by Crippen LogP contribution is 2.32. The summed E-state index contributed by atoms with van der Waals surface area (Å²) in [7, 11) is 1.85. The number of benzene rings is 1. The molecular formula is C15H17BrClN3. The zero-order valence-corrected chi connectivity index (χ0v) is 14.3. The van der Waals surface area contributed by atoms with Gasteiger partial charge in [-0.15, -0.1) is 0 Å². The average molecular weight is 355 g/mol. The first-order chi connectivity index (χ1) is 9.43. The molecule has 0 unspecified atom stereocenters. The van der Waals surface area contributed by atoms with Crippen molar-refractivity contribution in [2.24, 2.45) is 0 Å². The molecule has 0 spiro atoms. The number of aryl methyl sites for hydroxylation is 1. The van der Waals surface area contributed by atoms with E-state index in [1.54, 1.807) is 0 Å². The minimum atomic E-state index is 0.305. The Bertz CT molecular complexity index is 641. The van der Waals surface area contributed by atoms with Crippen LogP contribution in [0.15, 0.2) is 22.7 Å². The fraction of sp³-hybridized carbons (Fsp3) is 0.333. The number of halogens is 2. The second kappa shape index (κ2) is 6.10. The number of hydrogen-bond acceptors (Lipinski definition) is 3. The molecule has 0 saturated heterocycles. The van der Waals surface area contributed by atoms with E-state index in [1.165, 1.54) is 0 Å². The second-order valence-electron chi connectivity index (χ2n) is 4.96. The Morgan fingerprint density at radius 2 is 1.95 bits per heavy atom.